The normalized spacial score (nSPS) is 14.6. The molecule has 0 saturated heterocycles. The predicted molar refractivity (Wildman–Crippen MR) is 67.0 cm³/mol. The van der Waals surface area contributed by atoms with Crippen LogP contribution in [0.2, 0.25) is 0 Å². The second-order valence-corrected chi connectivity index (χ2v) is 4.84. The average molecular weight is 253 g/mol. The first-order valence-corrected chi connectivity index (χ1v) is 6.34. The molecular formula is C14H17F2NO. The van der Waals surface area contributed by atoms with E-state index in [9.17, 15) is 13.6 Å². The molecule has 0 bridgehead atoms. The number of aldehydes is 1. The van der Waals surface area contributed by atoms with Crippen molar-refractivity contribution < 1.29 is 13.6 Å². The number of halogens is 2. The van der Waals surface area contributed by atoms with Gasteiger partial charge in [-0.25, -0.2) is 8.78 Å². The fraction of sp³-hybridized carbons (Fsp3) is 0.500. The lowest BCUT2D eigenvalue weighted by molar-refractivity contribution is 0.112. The summed E-state index contributed by atoms with van der Waals surface area (Å²) >= 11 is 0. The third-order valence-corrected chi connectivity index (χ3v) is 3.16. The third kappa shape index (κ3) is 2.86. The quantitative estimate of drug-likeness (QED) is 0.724. The molecule has 1 fully saturated rings. The molecule has 0 unspecified atom stereocenters. The highest BCUT2D eigenvalue weighted by molar-refractivity contribution is 5.76. The summed E-state index contributed by atoms with van der Waals surface area (Å²) in [4.78, 5) is 12.3. The maximum absolute atomic E-state index is 13.9. The lowest BCUT2D eigenvalue weighted by Crippen LogP contribution is -2.28. The highest BCUT2D eigenvalue weighted by Crippen LogP contribution is 2.33. The van der Waals surface area contributed by atoms with Crippen LogP contribution in [0, 0.1) is 17.6 Å². The van der Waals surface area contributed by atoms with Gasteiger partial charge in [0.15, 0.2) is 0 Å². The molecule has 0 atom stereocenters. The highest BCUT2D eigenvalue weighted by Gasteiger charge is 2.27. The van der Waals surface area contributed by atoms with Gasteiger partial charge in [0.2, 0.25) is 0 Å². The second kappa shape index (κ2) is 5.46. The Morgan fingerprint density at radius 2 is 1.94 bits per heavy atom. The molecule has 0 amide bonds. The monoisotopic (exact) mass is 253 g/mol. The van der Waals surface area contributed by atoms with E-state index in [1.165, 1.54) is 0 Å². The molecule has 0 spiro atoms. The topological polar surface area (TPSA) is 20.3 Å². The minimum atomic E-state index is -0.647. The maximum atomic E-state index is 13.9. The molecule has 1 aromatic carbocycles. The van der Waals surface area contributed by atoms with E-state index in [4.69, 9.17) is 0 Å². The Bertz CT molecular complexity index is 420. The van der Waals surface area contributed by atoms with Crippen molar-refractivity contribution in [1.29, 1.82) is 0 Å². The van der Waals surface area contributed by atoms with Gasteiger partial charge in [0.1, 0.15) is 23.6 Å². The van der Waals surface area contributed by atoms with E-state index in [2.05, 4.69) is 0 Å². The van der Waals surface area contributed by atoms with Crippen LogP contribution in [0.25, 0.3) is 0 Å². The molecule has 0 heterocycles. The van der Waals surface area contributed by atoms with Crippen LogP contribution in [-0.4, -0.2) is 19.4 Å². The zero-order chi connectivity index (χ0) is 13.1. The van der Waals surface area contributed by atoms with Crippen LogP contribution in [0.1, 0.15) is 36.5 Å². The zero-order valence-corrected chi connectivity index (χ0v) is 10.5. The number of carbonyl (C=O) groups is 1. The van der Waals surface area contributed by atoms with E-state index in [0.717, 1.165) is 31.4 Å². The molecule has 1 aliphatic rings. The van der Waals surface area contributed by atoms with Crippen LogP contribution in [-0.2, 0) is 0 Å². The molecule has 18 heavy (non-hydrogen) atoms. The standard InChI is InChI=1S/C14H17F2NO/c1-2-5-17(8-10-3-4-10)14-12(15)6-11(9-18)7-13(14)16/h6-7,9-10H,2-5,8H2,1H3. The molecule has 0 aromatic heterocycles. The van der Waals surface area contributed by atoms with Crippen LogP contribution < -0.4 is 4.90 Å². The summed E-state index contributed by atoms with van der Waals surface area (Å²) in [6, 6.07) is 2.20. The Labute approximate surface area is 106 Å². The van der Waals surface area contributed by atoms with Gasteiger partial charge >= 0.3 is 0 Å². The Morgan fingerprint density at radius 3 is 2.39 bits per heavy atom. The molecule has 1 aromatic rings. The van der Waals surface area contributed by atoms with Crippen LogP contribution in [0.5, 0.6) is 0 Å². The summed E-state index contributed by atoms with van der Waals surface area (Å²) in [7, 11) is 0. The van der Waals surface area contributed by atoms with Crippen LogP contribution in [0.3, 0.4) is 0 Å². The smallest absolute Gasteiger partial charge is 0.150 e. The first-order valence-electron chi connectivity index (χ1n) is 6.34. The molecule has 4 heteroatoms. The second-order valence-electron chi connectivity index (χ2n) is 4.84. The third-order valence-electron chi connectivity index (χ3n) is 3.16. The summed E-state index contributed by atoms with van der Waals surface area (Å²) in [5, 5.41) is 0. The summed E-state index contributed by atoms with van der Waals surface area (Å²) in [6.45, 7) is 3.31. The predicted octanol–water partition coefficient (Wildman–Crippen LogP) is 3.40. The van der Waals surface area contributed by atoms with Crippen LogP contribution in [0.4, 0.5) is 14.5 Å². The summed E-state index contributed by atoms with van der Waals surface area (Å²) in [6.07, 6.45) is 3.56. The van der Waals surface area contributed by atoms with Crippen molar-refractivity contribution in [3.63, 3.8) is 0 Å². The summed E-state index contributed by atoms with van der Waals surface area (Å²) < 4.78 is 27.8. The number of hydrogen-bond acceptors (Lipinski definition) is 2. The molecule has 1 aliphatic carbocycles. The molecule has 2 nitrogen and oxygen atoms in total. The van der Waals surface area contributed by atoms with Gasteiger partial charge in [-0.15, -0.1) is 0 Å². The Hall–Kier alpha value is -1.45. The van der Waals surface area contributed by atoms with Crippen molar-refractivity contribution in [2.24, 2.45) is 5.92 Å². The lowest BCUT2D eigenvalue weighted by Gasteiger charge is -2.25. The van der Waals surface area contributed by atoms with Gasteiger partial charge in [-0.2, -0.15) is 0 Å². The fourth-order valence-corrected chi connectivity index (χ4v) is 2.13. The molecule has 0 N–H and O–H groups in total. The van der Waals surface area contributed by atoms with Crippen molar-refractivity contribution in [2.75, 3.05) is 18.0 Å². The van der Waals surface area contributed by atoms with Crippen LogP contribution in [0.15, 0.2) is 12.1 Å². The van der Waals surface area contributed by atoms with E-state index in [-0.39, 0.29) is 11.3 Å². The minimum absolute atomic E-state index is 0.00866. The van der Waals surface area contributed by atoms with Gasteiger partial charge in [-0.05, 0) is 37.3 Å². The number of nitrogens with zero attached hydrogens (tertiary/aromatic N) is 1. The fourth-order valence-electron chi connectivity index (χ4n) is 2.13. The molecule has 98 valence electrons. The van der Waals surface area contributed by atoms with E-state index in [1.54, 1.807) is 4.90 Å². The van der Waals surface area contributed by atoms with E-state index in [0.29, 0.717) is 25.3 Å². The van der Waals surface area contributed by atoms with E-state index >= 15 is 0 Å². The van der Waals surface area contributed by atoms with Crippen molar-refractivity contribution in [3.8, 4) is 0 Å². The number of hydrogen-bond donors (Lipinski definition) is 0. The number of carbonyl (C=O) groups excluding carboxylic acids is 1. The average Bonchev–Trinajstić information content (AvgIpc) is 3.12. The van der Waals surface area contributed by atoms with Gasteiger partial charge in [0.05, 0.1) is 0 Å². The van der Waals surface area contributed by atoms with Crippen molar-refractivity contribution in [3.05, 3.63) is 29.3 Å². The highest BCUT2D eigenvalue weighted by atomic mass is 19.1. The van der Waals surface area contributed by atoms with Gasteiger partial charge in [0.25, 0.3) is 0 Å². The molecule has 0 radical (unpaired) electrons. The molecule has 2 rings (SSSR count). The number of rotatable bonds is 6. The maximum Gasteiger partial charge on any atom is 0.150 e. The Balaban J connectivity index is 2.29. The van der Waals surface area contributed by atoms with Crippen molar-refractivity contribution >= 4 is 12.0 Å². The lowest BCUT2D eigenvalue weighted by atomic mass is 10.1. The van der Waals surface area contributed by atoms with E-state index in [1.807, 2.05) is 6.92 Å². The number of anilines is 1. The minimum Gasteiger partial charge on any atom is -0.367 e. The Morgan fingerprint density at radius 1 is 1.33 bits per heavy atom. The zero-order valence-electron chi connectivity index (χ0n) is 10.5. The van der Waals surface area contributed by atoms with Crippen molar-refractivity contribution in [1.82, 2.24) is 0 Å². The summed E-state index contributed by atoms with van der Waals surface area (Å²) in [5.41, 5.74) is 0.0472. The first kappa shape index (κ1) is 13.0. The van der Waals surface area contributed by atoms with Crippen LogP contribution >= 0.6 is 0 Å². The largest absolute Gasteiger partial charge is 0.367 e. The van der Waals surface area contributed by atoms with Crippen molar-refractivity contribution in [2.45, 2.75) is 26.2 Å². The SMILES string of the molecule is CCCN(CC1CC1)c1c(F)cc(C=O)cc1F. The van der Waals surface area contributed by atoms with Gasteiger partial charge < -0.3 is 4.90 Å². The summed E-state index contributed by atoms with van der Waals surface area (Å²) in [5.74, 6) is -0.738. The van der Waals surface area contributed by atoms with Gasteiger partial charge in [-0.1, -0.05) is 6.92 Å². The Kier molecular flexibility index (Phi) is 3.94. The van der Waals surface area contributed by atoms with Gasteiger partial charge in [0, 0.05) is 18.7 Å². The molecular weight excluding hydrogens is 236 g/mol. The molecule has 1 saturated carbocycles. The van der Waals surface area contributed by atoms with Gasteiger partial charge in [-0.3, -0.25) is 4.79 Å². The molecule has 0 aliphatic heterocycles. The number of benzene rings is 1. The van der Waals surface area contributed by atoms with E-state index < -0.39 is 11.6 Å². The first-order chi connectivity index (χ1) is 8.65.